The largest absolute Gasteiger partial charge is 0.468 e. The number of aryl methyl sites for hydroxylation is 1. The van der Waals surface area contributed by atoms with E-state index in [2.05, 4.69) is 10.6 Å². The maximum absolute atomic E-state index is 13.1. The summed E-state index contributed by atoms with van der Waals surface area (Å²) in [6, 6.07) is 18.6. The third kappa shape index (κ3) is 6.21. The highest BCUT2D eigenvalue weighted by Gasteiger charge is 2.32. The van der Waals surface area contributed by atoms with Gasteiger partial charge in [0.25, 0.3) is 0 Å². The Morgan fingerprint density at radius 2 is 1.59 bits per heavy atom. The molecule has 0 radical (unpaired) electrons. The van der Waals surface area contributed by atoms with Crippen LogP contribution in [0, 0.1) is 0 Å². The van der Waals surface area contributed by atoms with Crippen molar-refractivity contribution < 1.29 is 22.4 Å². The fourth-order valence-electron chi connectivity index (χ4n) is 3.11. The Hall–Kier alpha value is -3.10. The number of carbonyl (C=O) groups is 2. The molecule has 2 aromatic carbocycles. The zero-order valence-corrected chi connectivity index (χ0v) is 18.7. The van der Waals surface area contributed by atoms with E-state index in [4.69, 9.17) is 16.0 Å². The van der Waals surface area contributed by atoms with E-state index >= 15 is 0 Å². The molecule has 32 heavy (non-hydrogen) atoms. The molecule has 2 N–H and O–H groups in total. The first kappa shape index (κ1) is 23.6. The number of hydrogen-bond acceptors (Lipinski definition) is 5. The van der Waals surface area contributed by atoms with Gasteiger partial charge >= 0.3 is 11.8 Å². The first-order chi connectivity index (χ1) is 15.4. The molecule has 0 fully saturated rings. The summed E-state index contributed by atoms with van der Waals surface area (Å²) in [5.41, 5.74) is 1.14. The maximum Gasteiger partial charge on any atom is 0.309 e. The highest BCUT2D eigenvalue weighted by Crippen LogP contribution is 2.29. The van der Waals surface area contributed by atoms with Gasteiger partial charge in [0.1, 0.15) is 11.0 Å². The van der Waals surface area contributed by atoms with Gasteiger partial charge < -0.3 is 15.1 Å². The second-order valence-electron chi connectivity index (χ2n) is 7.06. The standard InChI is InChI=1S/C23H23ClN2O5S/c24-18-10-12-19(13-11-18)32(29,30)21(20-9-5-15-31-20)16-26-23(28)22(27)25-14-4-8-17-6-2-1-3-7-17/h1-3,5-7,9-13,15,21H,4,8,14,16H2,(H,25,27)(H,26,28)/t21-/m1/s1. The van der Waals surface area contributed by atoms with Gasteiger partial charge in [-0.3, -0.25) is 9.59 Å². The predicted octanol–water partition coefficient (Wildman–Crippen LogP) is 3.31. The molecule has 2 amide bonds. The number of furan rings is 1. The number of nitrogens with one attached hydrogen (secondary N) is 2. The zero-order valence-electron chi connectivity index (χ0n) is 17.2. The summed E-state index contributed by atoms with van der Waals surface area (Å²) in [6.45, 7) is 0.000571. The van der Waals surface area contributed by atoms with Crippen molar-refractivity contribution in [2.45, 2.75) is 23.0 Å². The van der Waals surface area contributed by atoms with Crippen LogP contribution in [0.15, 0.2) is 82.3 Å². The molecule has 3 rings (SSSR count). The molecule has 0 bridgehead atoms. The Morgan fingerprint density at radius 3 is 2.25 bits per heavy atom. The second kappa shape index (κ2) is 11.0. The van der Waals surface area contributed by atoms with Crippen molar-refractivity contribution in [1.82, 2.24) is 10.6 Å². The second-order valence-corrected chi connectivity index (χ2v) is 9.62. The smallest absolute Gasteiger partial charge is 0.309 e. The van der Waals surface area contributed by atoms with E-state index in [1.165, 1.54) is 36.6 Å². The minimum Gasteiger partial charge on any atom is -0.468 e. The average Bonchev–Trinajstić information content (AvgIpc) is 3.32. The molecule has 9 heteroatoms. The zero-order chi connectivity index (χ0) is 23.0. The molecule has 7 nitrogen and oxygen atoms in total. The lowest BCUT2D eigenvalue weighted by atomic mass is 10.1. The van der Waals surface area contributed by atoms with E-state index in [0.29, 0.717) is 18.0 Å². The molecule has 1 heterocycles. The minimum atomic E-state index is -3.91. The molecular weight excluding hydrogens is 452 g/mol. The maximum atomic E-state index is 13.1. The lowest BCUT2D eigenvalue weighted by molar-refractivity contribution is -0.139. The predicted molar refractivity (Wildman–Crippen MR) is 121 cm³/mol. The molecule has 0 aliphatic rings. The van der Waals surface area contributed by atoms with Crippen LogP contribution in [0.5, 0.6) is 0 Å². The summed E-state index contributed by atoms with van der Waals surface area (Å²) >= 11 is 5.85. The number of halogens is 1. The van der Waals surface area contributed by atoms with Crippen LogP contribution in [0.4, 0.5) is 0 Å². The van der Waals surface area contributed by atoms with Gasteiger partial charge in [-0.2, -0.15) is 0 Å². The van der Waals surface area contributed by atoms with Crippen LogP contribution in [0.1, 0.15) is 23.0 Å². The Kier molecular flexibility index (Phi) is 8.08. The van der Waals surface area contributed by atoms with Crippen molar-refractivity contribution in [2.24, 2.45) is 0 Å². The van der Waals surface area contributed by atoms with Gasteiger partial charge in [0, 0.05) is 18.1 Å². The van der Waals surface area contributed by atoms with Crippen molar-refractivity contribution >= 4 is 33.3 Å². The van der Waals surface area contributed by atoms with Crippen molar-refractivity contribution in [3.63, 3.8) is 0 Å². The van der Waals surface area contributed by atoms with E-state index in [-0.39, 0.29) is 17.2 Å². The van der Waals surface area contributed by atoms with Crippen LogP contribution in [0.2, 0.25) is 5.02 Å². The summed E-state index contributed by atoms with van der Waals surface area (Å²) in [6.07, 6.45) is 2.78. The van der Waals surface area contributed by atoms with Gasteiger partial charge in [-0.25, -0.2) is 8.42 Å². The Bertz CT molecular complexity index is 1130. The number of hydrogen-bond donors (Lipinski definition) is 2. The highest BCUT2D eigenvalue weighted by molar-refractivity contribution is 7.91. The van der Waals surface area contributed by atoms with Crippen LogP contribution in [-0.2, 0) is 25.8 Å². The molecule has 0 unspecified atom stereocenters. The summed E-state index contributed by atoms with van der Waals surface area (Å²) in [5.74, 6) is -1.57. The highest BCUT2D eigenvalue weighted by atomic mass is 35.5. The van der Waals surface area contributed by atoms with E-state index in [1.807, 2.05) is 30.3 Å². The quantitative estimate of drug-likeness (QED) is 0.365. The third-order valence-corrected chi connectivity index (χ3v) is 7.13. The summed E-state index contributed by atoms with van der Waals surface area (Å²) in [5, 5.41) is 4.15. The normalized spacial score (nSPS) is 12.2. The van der Waals surface area contributed by atoms with Crippen LogP contribution in [-0.4, -0.2) is 33.3 Å². The lowest BCUT2D eigenvalue weighted by Gasteiger charge is -2.16. The fraction of sp³-hybridized carbons (Fsp3) is 0.217. The van der Waals surface area contributed by atoms with Gasteiger partial charge in [-0.1, -0.05) is 41.9 Å². The van der Waals surface area contributed by atoms with Gasteiger partial charge in [-0.15, -0.1) is 0 Å². The molecule has 0 spiro atoms. The van der Waals surface area contributed by atoms with E-state index in [9.17, 15) is 18.0 Å². The Balaban J connectivity index is 1.58. The number of benzene rings is 2. The van der Waals surface area contributed by atoms with Gasteiger partial charge in [0.05, 0.1) is 11.2 Å². The van der Waals surface area contributed by atoms with Crippen LogP contribution in [0.25, 0.3) is 0 Å². The van der Waals surface area contributed by atoms with Crippen molar-refractivity contribution in [3.8, 4) is 0 Å². The van der Waals surface area contributed by atoms with Crippen LogP contribution < -0.4 is 10.6 Å². The van der Waals surface area contributed by atoms with Crippen LogP contribution in [0.3, 0.4) is 0 Å². The number of amides is 2. The third-order valence-electron chi connectivity index (χ3n) is 4.80. The van der Waals surface area contributed by atoms with Gasteiger partial charge in [-0.05, 0) is 54.8 Å². The lowest BCUT2D eigenvalue weighted by Crippen LogP contribution is -2.42. The Morgan fingerprint density at radius 1 is 0.906 bits per heavy atom. The minimum absolute atomic E-state index is 0.0305. The summed E-state index contributed by atoms with van der Waals surface area (Å²) < 4.78 is 31.5. The summed E-state index contributed by atoms with van der Waals surface area (Å²) in [7, 11) is -3.91. The molecular formula is C23H23ClN2O5S. The average molecular weight is 475 g/mol. The molecule has 1 aromatic heterocycles. The first-order valence-corrected chi connectivity index (χ1v) is 11.9. The topological polar surface area (TPSA) is 105 Å². The van der Waals surface area contributed by atoms with E-state index < -0.39 is 26.9 Å². The van der Waals surface area contributed by atoms with E-state index in [1.54, 1.807) is 6.07 Å². The summed E-state index contributed by atoms with van der Waals surface area (Å²) in [4.78, 5) is 24.4. The van der Waals surface area contributed by atoms with Crippen molar-refractivity contribution in [2.75, 3.05) is 13.1 Å². The molecule has 0 aliphatic heterocycles. The van der Waals surface area contributed by atoms with Gasteiger partial charge in [0.15, 0.2) is 9.84 Å². The molecule has 0 aliphatic carbocycles. The van der Waals surface area contributed by atoms with Crippen molar-refractivity contribution in [3.05, 3.63) is 89.3 Å². The molecule has 0 saturated carbocycles. The van der Waals surface area contributed by atoms with E-state index in [0.717, 1.165) is 12.0 Å². The monoisotopic (exact) mass is 474 g/mol. The van der Waals surface area contributed by atoms with Crippen molar-refractivity contribution in [1.29, 1.82) is 0 Å². The molecule has 1 atom stereocenters. The molecule has 0 saturated heterocycles. The molecule has 3 aromatic rings. The number of carbonyl (C=O) groups excluding carboxylic acids is 2. The molecule has 168 valence electrons. The SMILES string of the molecule is O=C(NCCCc1ccccc1)C(=O)NC[C@H](c1ccco1)S(=O)(=O)c1ccc(Cl)cc1. The number of sulfone groups is 1. The number of rotatable bonds is 9. The van der Waals surface area contributed by atoms with Crippen LogP contribution >= 0.6 is 11.6 Å². The van der Waals surface area contributed by atoms with Gasteiger partial charge in [0.2, 0.25) is 0 Å². The first-order valence-electron chi connectivity index (χ1n) is 10.0. The Labute approximate surface area is 191 Å². The fourth-order valence-corrected chi connectivity index (χ4v) is 4.82.